The average molecular weight is 679 g/mol. The van der Waals surface area contributed by atoms with E-state index in [0.29, 0.717) is 52.5 Å². The lowest BCUT2D eigenvalue weighted by Crippen LogP contribution is -2.50. The molecule has 0 fully saturated rings. The Morgan fingerprint density at radius 1 is 0.872 bits per heavy atom. The molecule has 0 aromatic heterocycles. The van der Waals surface area contributed by atoms with Crippen molar-refractivity contribution in [2.45, 2.75) is 39.0 Å². The van der Waals surface area contributed by atoms with Crippen molar-refractivity contribution >= 4 is 41.2 Å². The van der Waals surface area contributed by atoms with E-state index in [4.69, 9.17) is 46.9 Å². The zero-order valence-electron chi connectivity index (χ0n) is 25.7. The Hall–Kier alpha value is -4.93. The molecule has 2 amide bonds. The van der Waals surface area contributed by atoms with E-state index in [1.807, 2.05) is 55.5 Å². The van der Waals surface area contributed by atoms with Crippen molar-refractivity contribution in [3.63, 3.8) is 0 Å². The third-order valence-electron chi connectivity index (χ3n) is 6.97. The van der Waals surface area contributed by atoms with Crippen LogP contribution in [0.2, 0.25) is 10.0 Å². The number of hydrogen-bond donors (Lipinski definition) is 2. The maximum atomic E-state index is 13.3. The van der Waals surface area contributed by atoms with Crippen molar-refractivity contribution in [2.24, 2.45) is 5.10 Å². The van der Waals surface area contributed by atoms with Crippen LogP contribution in [0.15, 0.2) is 90.0 Å². The average Bonchev–Trinajstić information content (AvgIpc) is 3.54. The summed E-state index contributed by atoms with van der Waals surface area (Å²) in [6.07, 6.45) is 0.759. The lowest BCUT2D eigenvalue weighted by Gasteiger charge is -2.21. The number of ether oxygens (including phenoxy) is 5. The van der Waals surface area contributed by atoms with Crippen LogP contribution in [0.3, 0.4) is 0 Å². The quantitative estimate of drug-likeness (QED) is 0.118. The Morgan fingerprint density at radius 2 is 1.66 bits per heavy atom. The normalized spacial score (nSPS) is 13.1. The first-order valence-corrected chi connectivity index (χ1v) is 15.6. The summed E-state index contributed by atoms with van der Waals surface area (Å²) in [6.45, 7) is 4.36. The molecule has 47 heavy (non-hydrogen) atoms. The van der Waals surface area contributed by atoms with E-state index in [-0.39, 0.29) is 18.2 Å². The SMILES string of the molecule is CCOc1cc(/C=N\NC(=O)[C@H](Cc2ccccc2)NC(=O)[C@H](C)Oc2ccc(Cl)cc2Cl)ccc1OCc1ccc2c(c1)OCO2. The Bertz CT molecular complexity index is 1740. The second-order valence-corrected chi connectivity index (χ2v) is 11.3. The predicted octanol–water partition coefficient (Wildman–Crippen LogP) is 6.34. The largest absolute Gasteiger partial charge is 0.490 e. The standard InChI is InChI=1S/C35H33Cl2N3O7/c1-3-43-32-16-24(9-12-30(32)44-20-25-10-13-31-33(17-25)46-21-45-31)19-38-40-35(42)28(15-23-7-5-4-6-8-23)39-34(41)22(2)47-29-14-11-26(36)18-27(29)37/h4-14,16-19,22,28H,3,15,20-21H2,1-2H3,(H,39,41)(H,40,42)/b38-19-/t22-,28-/m0/s1. The minimum Gasteiger partial charge on any atom is -0.490 e. The van der Waals surface area contributed by atoms with Gasteiger partial charge in [0.1, 0.15) is 18.4 Å². The van der Waals surface area contributed by atoms with Gasteiger partial charge in [0.2, 0.25) is 6.79 Å². The highest BCUT2D eigenvalue weighted by Gasteiger charge is 2.25. The highest BCUT2D eigenvalue weighted by atomic mass is 35.5. The second-order valence-electron chi connectivity index (χ2n) is 10.4. The van der Waals surface area contributed by atoms with Gasteiger partial charge in [-0.3, -0.25) is 9.59 Å². The number of hydrogen-bond acceptors (Lipinski definition) is 8. The third kappa shape index (κ3) is 9.31. The molecule has 12 heteroatoms. The molecule has 1 aliphatic rings. The molecule has 0 unspecified atom stereocenters. The number of rotatable bonds is 14. The number of nitrogens with zero attached hydrogens (tertiary/aromatic N) is 1. The molecular weight excluding hydrogens is 645 g/mol. The molecule has 1 aliphatic heterocycles. The third-order valence-corrected chi connectivity index (χ3v) is 7.50. The minimum absolute atomic E-state index is 0.203. The van der Waals surface area contributed by atoms with Gasteiger partial charge in [-0.2, -0.15) is 5.10 Å². The monoisotopic (exact) mass is 677 g/mol. The van der Waals surface area contributed by atoms with Crippen LogP contribution in [0, 0.1) is 0 Å². The molecular formula is C35H33Cl2N3O7. The van der Waals surface area contributed by atoms with Crippen LogP contribution < -0.4 is 34.4 Å². The number of nitrogens with one attached hydrogen (secondary N) is 2. The molecule has 1 heterocycles. The lowest BCUT2D eigenvalue weighted by atomic mass is 10.1. The number of hydrazone groups is 1. The van der Waals surface area contributed by atoms with Gasteiger partial charge in [-0.15, -0.1) is 0 Å². The Morgan fingerprint density at radius 3 is 2.45 bits per heavy atom. The summed E-state index contributed by atoms with van der Waals surface area (Å²) in [5.41, 5.74) is 4.97. The van der Waals surface area contributed by atoms with Crippen molar-refractivity contribution in [1.29, 1.82) is 0 Å². The highest BCUT2D eigenvalue weighted by Crippen LogP contribution is 2.34. The van der Waals surface area contributed by atoms with E-state index >= 15 is 0 Å². The van der Waals surface area contributed by atoms with E-state index in [1.165, 1.54) is 12.3 Å². The number of carbonyl (C=O) groups excluding carboxylic acids is 2. The summed E-state index contributed by atoms with van der Waals surface area (Å²) in [4.78, 5) is 26.4. The molecule has 0 aliphatic carbocycles. The fourth-order valence-electron chi connectivity index (χ4n) is 4.60. The summed E-state index contributed by atoms with van der Waals surface area (Å²) in [7, 11) is 0. The van der Waals surface area contributed by atoms with Gasteiger partial charge in [0.05, 0.1) is 17.8 Å². The fourth-order valence-corrected chi connectivity index (χ4v) is 5.05. The van der Waals surface area contributed by atoms with Gasteiger partial charge in [-0.25, -0.2) is 5.43 Å². The van der Waals surface area contributed by atoms with Crippen LogP contribution in [0.5, 0.6) is 28.7 Å². The van der Waals surface area contributed by atoms with Crippen LogP contribution in [0.1, 0.15) is 30.5 Å². The second kappa shape index (κ2) is 16.1. The van der Waals surface area contributed by atoms with Crippen molar-refractivity contribution in [1.82, 2.24) is 10.7 Å². The topological polar surface area (TPSA) is 117 Å². The Kier molecular flexibility index (Phi) is 11.4. The number of amides is 2. The van der Waals surface area contributed by atoms with Crippen LogP contribution in [0.25, 0.3) is 0 Å². The predicted molar refractivity (Wildman–Crippen MR) is 179 cm³/mol. The fraction of sp³-hybridized carbons (Fsp3) is 0.229. The summed E-state index contributed by atoms with van der Waals surface area (Å²) < 4.78 is 28.4. The number of fused-ring (bicyclic) bond motifs is 1. The van der Waals surface area contributed by atoms with Crippen molar-refractivity contribution in [2.75, 3.05) is 13.4 Å². The van der Waals surface area contributed by atoms with E-state index in [1.54, 1.807) is 37.3 Å². The minimum atomic E-state index is -0.953. The number of halogens is 2. The smallest absolute Gasteiger partial charge is 0.262 e. The highest BCUT2D eigenvalue weighted by molar-refractivity contribution is 6.35. The molecule has 5 rings (SSSR count). The molecule has 0 saturated heterocycles. The molecule has 0 spiro atoms. The first-order valence-electron chi connectivity index (χ1n) is 14.9. The molecule has 0 bridgehead atoms. The zero-order chi connectivity index (χ0) is 33.2. The molecule has 244 valence electrons. The van der Waals surface area contributed by atoms with E-state index in [9.17, 15) is 9.59 Å². The first-order chi connectivity index (χ1) is 22.8. The van der Waals surface area contributed by atoms with Crippen molar-refractivity contribution in [3.8, 4) is 28.7 Å². The van der Waals surface area contributed by atoms with Gasteiger partial charge >= 0.3 is 0 Å². The van der Waals surface area contributed by atoms with E-state index in [2.05, 4.69) is 15.8 Å². The van der Waals surface area contributed by atoms with Crippen molar-refractivity contribution in [3.05, 3.63) is 112 Å². The molecule has 2 atom stereocenters. The molecule has 0 saturated carbocycles. The maximum Gasteiger partial charge on any atom is 0.262 e. The Labute approximate surface area is 282 Å². The van der Waals surface area contributed by atoms with Crippen molar-refractivity contribution < 1.29 is 33.3 Å². The number of carbonyl (C=O) groups is 2. The summed E-state index contributed by atoms with van der Waals surface area (Å²) in [6, 6.07) is 24.0. The van der Waals surface area contributed by atoms with Gasteiger partial charge in [-0.05, 0) is 79.1 Å². The molecule has 0 radical (unpaired) electrons. The summed E-state index contributed by atoms with van der Waals surface area (Å²) in [5, 5.41) is 7.62. The molecule has 4 aromatic carbocycles. The maximum absolute atomic E-state index is 13.3. The van der Waals surface area contributed by atoms with Gasteiger partial charge in [0.15, 0.2) is 29.1 Å². The Balaban J connectivity index is 1.22. The molecule has 2 N–H and O–H groups in total. The van der Waals surface area contributed by atoms with Crippen LogP contribution in [-0.4, -0.2) is 43.6 Å². The number of benzene rings is 4. The van der Waals surface area contributed by atoms with Crippen LogP contribution in [-0.2, 0) is 22.6 Å². The van der Waals surface area contributed by atoms with E-state index < -0.39 is 24.0 Å². The van der Waals surface area contributed by atoms with Crippen LogP contribution in [0.4, 0.5) is 0 Å². The van der Waals surface area contributed by atoms with Crippen LogP contribution >= 0.6 is 23.2 Å². The zero-order valence-corrected chi connectivity index (χ0v) is 27.2. The van der Waals surface area contributed by atoms with Gasteiger partial charge in [-0.1, -0.05) is 59.6 Å². The molecule has 4 aromatic rings. The van der Waals surface area contributed by atoms with Gasteiger partial charge in [0, 0.05) is 11.4 Å². The van der Waals surface area contributed by atoms with E-state index in [0.717, 1.165) is 11.1 Å². The van der Waals surface area contributed by atoms with Gasteiger partial charge < -0.3 is 29.0 Å². The first kappa shape index (κ1) is 33.4. The summed E-state index contributed by atoms with van der Waals surface area (Å²) >= 11 is 12.2. The molecule has 10 nitrogen and oxygen atoms in total. The van der Waals surface area contributed by atoms with Gasteiger partial charge in [0.25, 0.3) is 11.8 Å². The lowest BCUT2D eigenvalue weighted by molar-refractivity contribution is -0.132. The summed E-state index contributed by atoms with van der Waals surface area (Å²) in [5.74, 6) is 1.73.